The molecule has 1 aliphatic rings. The molecule has 0 aromatic rings. The van der Waals surface area contributed by atoms with Gasteiger partial charge in [-0.3, -0.25) is 0 Å². The Kier molecular flexibility index (Phi) is 3.82. The van der Waals surface area contributed by atoms with Crippen molar-refractivity contribution in [2.75, 3.05) is 13.2 Å². The smallest absolute Gasteiger partial charge is 0.223 e. The fourth-order valence-corrected chi connectivity index (χ4v) is 0.733. The average Bonchev–Trinajstić information content (AvgIpc) is 2.14. The van der Waals surface area contributed by atoms with E-state index in [-0.39, 0.29) is 0 Å². The van der Waals surface area contributed by atoms with E-state index in [9.17, 15) is 0 Å². The first-order chi connectivity index (χ1) is 5.93. The van der Waals surface area contributed by atoms with Crippen molar-refractivity contribution in [2.45, 2.75) is 12.7 Å². The van der Waals surface area contributed by atoms with Crippen LogP contribution < -0.4 is 0 Å². The van der Waals surface area contributed by atoms with Crippen LogP contribution in [0.3, 0.4) is 0 Å². The molecule has 0 spiro atoms. The Morgan fingerprint density at radius 3 is 2.50 bits per heavy atom. The third-order valence-corrected chi connectivity index (χ3v) is 1.21. The molecule has 0 aromatic carbocycles. The Hall–Kier alpha value is -1.40. The Balaban J connectivity index is 2.37. The molecule has 1 fully saturated rings. The molecule has 0 unspecified atom stereocenters. The van der Waals surface area contributed by atoms with Gasteiger partial charge in [-0.15, -0.1) is 6.42 Å². The van der Waals surface area contributed by atoms with Crippen molar-refractivity contribution in [3.8, 4) is 36.0 Å². The third kappa shape index (κ3) is 3.13. The van der Waals surface area contributed by atoms with E-state index in [0.717, 1.165) is 6.42 Å². The van der Waals surface area contributed by atoms with Gasteiger partial charge in [0.15, 0.2) is 0 Å². The number of rotatable bonds is 0. The summed E-state index contributed by atoms with van der Waals surface area (Å²) in [6.07, 6.45) is 5.39. The first-order valence-electron chi connectivity index (χ1n) is 3.63. The lowest BCUT2D eigenvalue weighted by molar-refractivity contribution is -0.144. The third-order valence-electron chi connectivity index (χ3n) is 1.21. The van der Waals surface area contributed by atoms with E-state index < -0.39 is 6.29 Å². The van der Waals surface area contributed by atoms with Crippen LogP contribution in [0, 0.1) is 36.0 Å². The fourth-order valence-electron chi connectivity index (χ4n) is 0.733. The highest BCUT2D eigenvalue weighted by atomic mass is 16.7. The summed E-state index contributed by atoms with van der Waals surface area (Å²) in [7, 11) is 0. The molecule has 2 heteroatoms. The summed E-state index contributed by atoms with van der Waals surface area (Å²) in [5, 5.41) is 0. The fraction of sp³-hybridized carbons (Fsp3) is 0.400. The second-order valence-electron chi connectivity index (χ2n) is 2.09. The minimum absolute atomic E-state index is 0.425. The van der Waals surface area contributed by atoms with Crippen molar-refractivity contribution in [2.24, 2.45) is 0 Å². The van der Waals surface area contributed by atoms with E-state index in [1.165, 1.54) is 0 Å². The van der Waals surface area contributed by atoms with Crippen LogP contribution >= 0.6 is 0 Å². The molecule has 1 rings (SSSR count). The highest BCUT2D eigenvalue weighted by Crippen LogP contribution is 2.02. The van der Waals surface area contributed by atoms with Crippen molar-refractivity contribution >= 4 is 0 Å². The average molecular weight is 160 g/mol. The number of terminal acetylenes is 1. The molecule has 1 saturated heterocycles. The maximum atomic E-state index is 5.14. The Morgan fingerprint density at radius 1 is 1.08 bits per heavy atom. The molecule has 1 aliphatic heterocycles. The second kappa shape index (κ2) is 5.28. The highest BCUT2D eigenvalue weighted by Gasteiger charge is 2.09. The Morgan fingerprint density at radius 2 is 1.83 bits per heavy atom. The normalized spacial score (nSPS) is 16.2. The summed E-state index contributed by atoms with van der Waals surface area (Å²) < 4.78 is 10.3. The summed E-state index contributed by atoms with van der Waals surface area (Å²) in [4.78, 5) is 0. The highest BCUT2D eigenvalue weighted by molar-refractivity contribution is 5.34. The molecule has 1 heterocycles. The summed E-state index contributed by atoms with van der Waals surface area (Å²) in [6, 6.07) is 0. The van der Waals surface area contributed by atoms with Gasteiger partial charge in [0.2, 0.25) is 6.29 Å². The number of hydrogen-bond acceptors (Lipinski definition) is 2. The van der Waals surface area contributed by atoms with Crippen molar-refractivity contribution in [1.82, 2.24) is 0 Å². The van der Waals surface area contributed by atoms with Crippen molar-refractivity contribution in [3.63, 3.8) is 0 Å². The van der Waals surface area contributed by atoms with Crippen molar-refractivity contribution in [3.05, 3.63) is 0 Å². The second-order valence-corrected chi connectivity index (χ2v) is 2.09. The Labute approximate surface area is 72.2 Å². The maximum absolute atomic E-state index is 5.14. The van der Waals surface area contributed by atoms with Crippen molar-refractivity contribution in [1.29, 1.82) is 0 Å². The largest absolute Gasteiger partial charge is 0.342 e. The monoisotopic (exact) mass is 160 g/mol. The van der Waals surface area contributed by atoms with Gasteiger partial charge in [0.1, 0.15) is 0 Å². The quantitative estimate of drug-likeness (QED) is 0.477. The topological polar surface area (TPSA) is 18.5 Å². The van der Waals surface area contributed by atoms with Crippen LogP contribution in [0.4, 0.5) is 0 Å². The van der Waals surface area contributed by atoms with Gasteiger partial charge in [-0.25, -0.2) is 0 Å². The Bertz CT molecular complexity index is 284. The predicted molar refractivity (Wildman–Crippen MR) is 44.7 cm³/mol. The summed E-state index contributed by atoms with van der Waals surface area (Å²) in [6.45, 7) is 1.39. The van der Waals surface area contributed by atoms with Crippen LogP contribution in [0.5, 0.6) is 0 Å². The van der Waals surface area contributed by atoms with Gasteiger partial charge in [-0.05, 0) is 36.0 Å². The summed E-state index contributed by atoms with van der Waals surface area (Å²) >= 11 is 0. The maximum Gasteiger partial charge on any atom is 0.223 e. The molecular formula is C10H8O2. The minimum Gasteiger partial charge on any atom is -0.342 e. The first kappa shape index (κ1) is 8.69. The molecule has 0 atom stereocenters. The van der Waals surface area contributed by atoms with Crippen LogP contribution in [0.25, 0.3) is 0 Å². The zero-order chi connectivity index (χ0) is 8.65. The molecule has 0 amide bonds. The molecule has 0 saturated carbocycles. The van der Waals surface area contributed by atoms with E-state index in [1.54, 1.807) is 0 Å². The molecular weight excluding hydrogens is 152 g/mol. The lowest BCUT2D eigenvalue weighted by Gasteiger charge is -2.17. The van der Waals surface area contributed by atoms with Gasteiger partial charge in [-0.2, -0.15) is 0 Å². The van der Waals surface area contributed by atoms with E-state index in [0.29, 0.717) is 13.2 Å². The summed E-state index contributed by atoms with van der Waals surface area (Å²) in [5.74, 6) is 12.3. The van der Waals surface area contributed by atoms with Crippen LogP contribution in [-0.2, 0) is 9.47 Å². The van der Waals surface area contributed by atoms with E-state index in [1.807, 2.05) is 0 Å². The molecule has 0 aromatic heterocycles. The van der Waals surface area contributed by atoms with Gasteiger partial charge >= 0.3 is 0 Å². The number of ether oxygens (including phenoxy) is 2. The van der Waals surface area contributed by atoms with Gasteiger partial charge in [0.05, 0.1) is 13.2 Å². The molecule has 0 radical (unpaired) electrons. The zero-order valence-corrected chi connectivity index (χ0v) is 6.59. The van der Waals surface area contributed by atoms with Gasteiger partial charge < -0.3 is 9.47 Å². The van der Waals surface area contributed by atoms with Crippen LogP contribution in [0.1, 0.15) is 6.42 Å². The SMILES string of the molecule is C#CC#CC#CC1OCCCO1. The molecule has 0 bridgehead atoms. The molecule has 2 nitrogen and oxygen atoms in total. The predicted octanol–water partition coefficient (Wildman–Crippen LogP) is 0.389. The molecule has 12 heavy (non-hydrogen) atoms. The van der Waals surface area contributed by atoms with E-state index >= 15 is 0 Å². The van der Waals surface area contributed by atoms with Crippen LogP contribution in [-0.4, -0.2) is 19.5 Å². The van der Waals surface area contributed by atoms with Gasteiger partial charge in [0, 0.05) is 0 Å². The summed E-state index contributed by atoms with van der Waals surface area (Å²) in [5.41, 5.74) is 0. The minimum atomic E-state index is -0.425. The molecule has 0 aliphatic carbocycles. The number of hydrogen-bond donors (Lipinski definition) is 0. The van der Waals surface area contributed by atoms with Crippen molar-refractivity contribution < 1.29 is 9.47 Å². The van der Waals surface area contributed by atoms with Crippen LogP contribution in [0.15, 0.2) is 0 Å². The van der Waals surface area contributed by atoms with E-state index in [4.69, 9.17) is 15.9 Å². The van der Waals surface area contributed by atoms with Crippen LogP contribution in [0.2, 0.25) is 0 Å². The first-order valence-corrected chi connectivity index (χ1v) is 3.63. The van der Waals surface area contributed by atoms with Gasteiger partial charge in [0.25, 0.3) is 0 Å². The van der Waals surface area contributed by atoms with E-state index in [2.05, 4.69) is 29.6 Å². The van der Waals surface area contributed by atoms with Gasteiger partial charge in [-0.1, -0.05) is 0 Å². The molecule has 0 N–H and O–H groups in total. The molecule has 60 valence electrons. The lowest BCUT2D eigenvalue weighted by Crippen LogP contribution is -2.22. The lowest BCUT2D eigenvalue weighted by atomic mass is 10.4. The zero-order valence-electron chi connectivity index (χ0n) is 6.59. The standard InChI is InChI=1S/C10H8O2/c1-2-3-4-5-7-10-11-8-6-9-12-10/h1,10H,6,8-9H2.